The van der Waals surface area contributed by atoms with Gasteiger partial charge in [0.1, 0.15) is 6.54 Å². The summed E-state index contributed by atoms with van der Waals surface area (Å²) in [6.45, 7) is 8.79. The van der Waals surface area contributed by atoms with E-state index in [1.807, 2.05) is 35.4 Å². The van der Waals surface area contributed by atoms with Crippen LogP contribution >= 0.6 is 11.6 Å². The molecular weight excluding hydrogens is 442 g/mol. The standard InChI is InChI=1S/C29H22ClN3O/c1-19(22-10-9-21-6-3-4-7-23(21)16-22)26-17-33(27-8-5-15-31-29(27)20(26)2)18-28(34)32-25-13-11-24(30)12-14-25/h3-17H,1-2,18H2,(H,32,34). The van der Waals surface area contributed by atoms with Crippen molar-refractivity contribution in [2.24, 2.45) is 0 Å². The number of carbonyl (C=O) groups is 1. The van der Waals surface area contributed by atoms with Crippen LogP contribution < -0.4 is 10.2 Å². The van der Waals surface area contributed by atoms with E-state index in [0.717, 1.165) is 39.1 Å². The number of benzene rings is 3. The molecule has 0 spiro atoms. The summed E-state index contributed by atoms with van der Waals surface area (Å²) in [6.07, 6.45) is 3.67. The third-order valence-corrected chi connectivity index (χ3v) is 6.11. The maximum absolute atomic E-state index is 12.9. The average Bonchev–Trinajstić information content (AvgIpc) is 2.86. The first-order chi connectivity index (χ1) is 16.5. The largest absolute Gasteiger partial charge is 0.336 e. The van der Waals surface area contributed by atoms with Gasteiger partial charge in [-0.25, -0.2) is 0 Å². The highest BCUT2D eigenvalue weighted by atomic mass is 35.5. The maximum Gasteiger partial charge on any atom is 0.244 e. The van der Waals surface area contributed by atoms with Crippen molar-refractivity contribution in [3.8, 4) is 0 Å². The molecule has 34 heavy (non-hydrogen) atoms. The molecule has 0 saturated heterocycles. The van der Waals surface area contributed by atoms with Gasteiger partial charge in [-0.2, -0.15) is 0 Å². The van der Waals surface area contributed by atoms with Crippen molar-refractivity contribution in [3.63, 3.8) is 0 Å². The molecule has 5 rings (SSSR count). The van der Waals surface area contributed by atoms with Gasteiger partial charge in [-0.3, -0.25) is 9.78 Å². The molecule has 1 amide bonds. The van der Waals surface area contributed by atoms with Crippen LogP contribution in [-0.2, 0) is 4.79 Å². The van der Waals surface area contributed by atoms with Crippen molar-refractivity contribution in [3.05, 3.63) is 126 Å². The smallest absolute Gasteiger partial charge is 0.244 e. The van der Waals surface area contributed by atoms with E-state index >= 15 is 0 Å². The molecule has 3 aromatic carbocycles. The number of hydrogen-bond acceptors (Lipinski definition) is 3. The Morgan fingerprint density at radius 3 is 2.53 bits per heavy atom. The third-order valence-electron chi connectivity index (χ3n) is 5.86. The van der Waals surface area contributed by atoms with Gasteiger partial charge >= 0.3 is 0 Å². The van der Waals surface area contributed by atoms with Crippen molar-refractivity contribution >= 4 is 50.8 Å². The molecule has 166 valence electrons. The molecule has 2 heterocycles. The molecule has 0 bridgehead atoms. The number of nitrogens with one attached hydrogen (secondary N) is 1. The molecule has 5 heteroatoms. The molecule has 0 fully saturated rings. The molecule has 0 saturated carbocycles. The summed E-state index contributed by atoms with van der Waals surface area (Å²) in [5.41, 5.74) is 5.71. The van der Waals surface area contributed by atoms with Crippen molar-refractivity contribution in [2.75, 3.05) is 16.8 Å². The fourth-order valence-electron chi connectivity index (χ4n) is 4.10. The van der Waals surface area contributed by atoms with E-state index in [-0.39, 0.29) is 12.5 Å². The first-order valence-corrected chi connectivity index (χ1v) is 11.2. The summed E-state index contributed by atoms with van der Waals surface area (Å²) in [7, 11) is 0. The fraction of sp³-hybridized carbons (Fsp3) is 0.0345. The molecule has 0 aliphatic carbocycles. The predicted octanol–water partition coefficient (Wildman–Crippen LogP) is 6.96. The van der Waals surface area contributed by atoms with Crippen LogP contribution in [-0.4, -0.2) is 17.4 Å². The zero-order valence-electron chi connectivity index (χ0n) is 18.5. The number of allylic oxidation sites excluding steroid dienone is 3. The first-order valence-electron chi connectivity index (χ1n) is 10.9. The Balaban J connectivity index is 1.46. The Bertz CT molecular complexity index is 1470. The number of amides is 1. The lowest BCUT2D eigenvalue weighted by atomic mass is 9.89. The zero-order valence-corrected chi connectivity index (χ0v) is 19.2. The number of carbonyl (C=O) groups excluding carboxylic acids is 1. The lowest BCUT2D eigenvalue weighted by molar-refractivity contribution is -0.114. The monoisotopic (exact) mass is 463 g/mol. The molecule has 4 aromatic rings. The number of halogens is 1. The van der Waals surface area contributed by atoms with E-state index < -0.39 is 0 Å². The van der Waals surface area contributed by atoms with Crippen molar-refractivity contribution in [1.29, 1.82) is 0 Å². The number of nitrogens with zero attached hydrogens (tertiary/aromatic N) is 2. The number of rotatable bonds is 5. The zero-order chi connectivity index (χ0) is 23.7. The molecule has 0 atom stereocenters. The van der Waals surface area contributed by atoms with E-state index in [2.05, 4.69) is 53.8 Å². The van der Waals surface area contributed by atoms with Gasteiger partial charge < -0.3 is 10.2 Å². The fourth-order valence-corrected chi connectivity index (χ4v) is 4.23. The third kappa shape index (κ3) is 4.24. The van der Waals surface area contributed by atoms with Gasteiger partial charge in [-0.05, 0) is 64.4 Å². The normalized spacial score (nSPS) is 12.8. The van der Waals surface area contributed by atoms with Gasteiger partial charge in [0.15, 0.2) is 0 Å². The highest BCUT2D eigenvalue weighted by Crippen LogP contribution is 2.40. The van der Waals surface area contributed by atoms with Crippen LogP contribution in [0.4, 0.5) is 11.4 Å². The Labute approximate surface area is 203 Å². The molecule has 1 aromatic heterocycles. The van der Waals surface area contributed by atoms with Crippen LogP contribution in [0.15, 0.2) is 110 Å². The summed E-state index contributed by atoms with van der Waals surface area (Å²) in [5.74, 6) is -0.156. The lowest BCUT2D eigenvalue weighted by Gasteiger charge is -2.30. The van der Waals surface area contributed by atoms with Crippen LogP contribution in [0.1, 0.15) is 11.3 Å². The molecule has 1 aliphatic heterocycles. The molecule has 1 aliphatic rings. The van der Waals surface area contributed by atoms with Crippen molar-refractivity contribution in [1.82, 2.24) is 4.98 Å². The van der Waals surface area contributed by atoms with Gasteiger partial charge in [0, 0.05) is 34.3 Å². The highest BCUT2D eigenvalue weighted by Gasteiger charge is 2.25. The second-order valence-corrected chi connectivity index (χ2v) is 8.55. The highest BCUT2D eigenvalue weighted by molar-refractivity contribution is 6.30. The predicted molar refractivity (Wildman–Crippen MR) is 142 cm³/mol. The topological polar surface area (TPSA) is 45.2 Å². The summed E-state index contributed by atoms with van der Waals surface area (Å²) in [5, 5.41) is 5.85. The van der Waals surface area contributed by atoms with E-state index in [1.54, 1.807) is 30.5 Å². The van der Waals surface area contributed by atoms with Crippen LogP contribution in [0.5, 0.6) is 0 Å². The van der Waals surface area contributed by atoms with Crippen LogP contribution in [0.2, 0.25) is 5.02 Å². The second kappa shape index (κ2) is 9.00. The summed E-state index contributed by atoms with van der Waals surface area (Å²) in [4.78, 5) is 19.3. The van der Waals surface area contributed by atoms with Gasteiger partial charge in [-0.15, -0.1) is 0 Å². The Kier molecular flexibility index (Phi) is 5.74. The minimum Gasteiger partial charge on any atom is -0.336 e. The van der Waals surface area contributed by atoms with E-state index in [1.165, 1.54) is 5.39 Å². The number of anilines is 2. The van der Waals surface area contributed by atoms with Gasteiger partial charge in [0.25, 0.3) is 0 Å². The van der Waals surface area contributed by atoms with Crippen molar-refractivity contribution < 1.29 is 4.79 Å². The Morgan fingerprint density at radius 1 is 0.971 bits per heavy atom. The molecule has 0 radical (unpaired) electrons. The number of pyridine rings is 1. The quantitative estimate of drug-likeness (QED) is 0.348. The van der Waals surface area contributed by atoms with Gasteiger partial charge in [-0.1, -0.05) is 61.2 Å². The van der Waals surface area contributed by atoms with Crippen LogP contribution in [0.3, 0.4) is 0 Å². The van der Waals surface area contributed by atoms with Gasteiger partial charge in [0.05, 0.1) is 11.4 Å². The van der Waals surface area contributed by atoms with E-state index in [9.17, 15) is 4.79 Å². The molecular formula is C29H22ClN3O. The SMILES string of the molecule is C=C(C1=CN(CC(=O)Nc2ccc(Cl)cc2)c2cccnc2C1=C)c1ccc2ccccc2c1. The number of aromatic nitrogens is 1. The maximum atomic E-state index is 12.9. The average molecular weight is 464 g/mol. The minimum absolute atomic E-state index is 0.114. The number of fused-ring (bicyclic) bond motifs is 2. The van der Waals surface area contributed by atoms with Crippen LogP contribution in [0.25, 0.3) is 21.9 Å². The molecule has 0 unspecified atom stereocenters. The summed E-state index contributed by atoms with van der Waals surface area (Å²) < 4.78 is 0. The first kappa shape index (κ1) is 21.7. The Hall–Kier alpha value is -4.15. The van der Waals surface area contributed by atoms with E-state index in [0.29, 0.717) is 10.7 Å². The summed E-state index contributed by atoms with van der Waals surface area (Å²) >= 11 is 5.95. The van der Waals surface area contributed by atoms with Crippen LogP contribution in [0, 0.1) is 0 Å². The van der Waals surface area contributed by atoms with Gasteiger partial charge in [0.2, 0.25) is 5.91 Å². The van der Waals surface area contributed by atoms with E-state index in [4.69, 9.17) is 11.6 Å². The minimum atomic E-state index is -0.156. The lowest BCUT2D eigenvalue weighted by Crippen LogP contribution is -2.32. The molecule has 4 nitrogen and oxygen atoms in total. The van der Waals surface area contributed by atoms with Crippen molar-refractivity contribution in [2.45, 2.75) is 0 Å². The number of hydrogen-bond donors (Lipinski definition) is 1. The second-order valence-electron chi connectivity index (χ2n) is 8.12. The summed E-state index contributed by atoms with van der Waals surface area (Å²) in [6, 6.07) is 25.3. The molecule has 1 N–H and O–H groups in total. The Morgan fingerprint density at radius 2 is 1.74 bits per heavy atom.